The molecule has 0 aromatic heterocycles. The molecule has 6 nitrogen and oxygen atoms in total. The highest BCUT2D eigenvalue weighted by Gasteiger charge is 2.35. The number of hydrogen-bond donors (Lipinski definition) is 1. The number of benzene rings is 2. The Kier molecular flexibility index (Phi) is 9.32. The van der Waals surface area contributed by atoms with Crippen molar-refractivity contribution in [3.8, 4) is 17.2 Å². The van der Waals surface area contributed by atoms with Crippen molar-refractivity contribution in [3.63, 3.8) is 0 Å². The number of hydrogen-bond acceptors (Lipinski definition) is 5. The zero-order valence-electron chi connectivity index (χ0n) is 23.6. The predicted molar refractivity (Wildman–Crippen MR) is 149 cm³/mol. The number of nitrogens with zero attached hydrogens (tertiary/aromatic N) is 1. The summed E-state index contributed by atoms with van der Waals surface area (Å²) in [6, 6.07) is 13.7. The van der Waals surface area contributed by atoms with Gasteiger partial charge in [-0.2, -0.15) is 13.2 Å². The summed E-state index contributed by atoms with van der Waals surface area (Å²) in [7, 11) is 1.61. The van der Waals surface area contributed by atoms with Crippen molar-refractivity contribution in [1.29, 1.82) is 0 Å². The van der Waals surface area contributed by atoms with Crippen LogP contribution in [0.4, 0.5) is 13.2 Å². The van der Waals surface area contributed by atoms with E-state index in [-0.39, 0.29) is 30.5 Å². The van der Waals surface area contributed by atoms with E-state index in [0.29, 0.717) is 37.6 Å². The second-order valence-electron chi connectivity index (χ2n) is 11.8. The van der Waals surface area contributed by atoms with E-state index in [0.717, 1.165) is 61.2 Å². The van der Waals surface area contributed by atoms with Crippen LogP contribution >= 0.6 is 0 Å². The lowest BCUT2D eigenvalue weighted by atomic mass is 9.88. The second-order valence-corrected chi connectivity index (χ2v) is 11.8. The smallest absolute Gasteiger partial charge is 0.401 e. The second kappa shape index (κ2) is 12.9. The van der Waals surface area contributed by atoms with Gasteiger partial charge in [-0.25, -0.2) is 0 Å². The minimum absolute atomic E-state index is 0.0205. The van der Waals surface area contributed by atoms with E-state index in [1.54, 1.807) is 7.11 Å². The quantitative estimate of drug-likeness (QED) is 0.306. The van der Waals surface area contributed by atoms with Crippen LogP contribution in [0, 0.1) is 5.92 Å². The minimum Gasteiger partial charge on any atom is -0.497 e. The number of alkyl halides is 3. The molecule has 2 aromatic rings. The SMILES string of the molecule is COc1ccc(C2CCN(CC(F)(F)F)CC2)c(OC2CCC(Oc3cccc(C(CC(=O)O)C4CC4)c3)CC2)c1. The number of ether oxygens (including phenoxy) is 3. The molecule has 0 bridgehead atoms. The van der Waals surface area contributed by atoms with Crippen molar-refractivity contribution < 1.29 is 37.3 Å². The normalized spacial score (nSPS) is 23.1. The highest BCUT2D eigenvalue weighted by Crippen LogP contribution is 2.45. The molecule has 1 N–H and O–H groups in total. The van der Waals surface area contributed by atoms with Gasteiger partial charge < -0.3 is 19.3 Å². The molecule has 9 heteroatoms. The first kappa shape index (κ1) is 29.5. The van der Waals surface area contributed by atoms with Gasteiger partial charge in [-0.15, -0.1) is 0 Å². The molecule has 1 aliphatic heterocycles. The maximum absolute atomic E-state index is 12.8. The topological polar surface area (TPSA) is 68.2 Å². The fraction of sp³-hybridized carbons (Fsp3) is 0.594. The Hall–Kier alpha value is -2.94. The van der Waals surface area contributed by atoms with Gasteiger partial charge >= 0.3 is 12.1 Å². The molecule has 2 aliphatic carbocycles. The lowest BCUT2D eigenvalue weighted by Crippen LogP contribution is -2.39. The molecule has 3 fully saturated rings. The number of carboxylic acid groups (broad SMARTS) is 1. The van der Waals surface area contributed by atoms with Crippen molar-refractivity contribution in [2.75, 3.05) is 26.7 Å². The molecule has 3 aliphatic rings. The van der Waals surface area contributed by atoms with Crippen LogP contribution in [0.15, 0.2) is 42.5 Å². The Morgan fingerprint density at radius 2 is 1.61 bits per heavy atom. The summed E-state index contributed by atoms with van der Waals surface area (Å²) in [5.41, 5.74) is 2.08. The van der Waals surface area contributed by atoms with Crippen LogP contribution in [-0.2, 0) is 4.79 Å². The van der Waals surface area contributed by atoms with E-state index in [1.165, 1.54) is 4.90 Å². The number of piperidine rings is 1. The number of halogens is 3. The molecular weight excluding hydrogens is 535 g/mol. The first-order valence-corrected chi connectivity index (χ1v) is 14.8. The number of likely N-dealkylation sites (tertiary alicyclic amines) is 1. The Morgan fingerprint density at radius 3 is 2.22 bits per heavy atom. The van der Waals surface area contributed by atoms with Crippen LogP contribution in [0.25, 0.3) is 0 Å². The zero-order valence-corrected chi connectivity index (χ0v) is 23.6. The molecule has 1 saturated heterocycles. The maximum atomic E-state index is 12.8. The summed E-state index contributed by atoms with van der Waals surface area (Å²) in [5, 5.41) is 9.36. The van der Waals surface area contributed by atoms with E-state index < -0.39 is 18.7 Å². The average molecular weight is 576 g/mol. The van der Waals surface area contributed by atoms with Gasteiger partial charge in [-0.3, -0.25) is 9.69 Å². The van der Waals surface area contributed by atoms with Crippen LogP contribution in [0.5, 0.6) is 17.2 Å². The lowest BCUT2D eigenvalue weighted by molar-refractivity contribution is -0.148. The fourth-order valence-electron chi connectivity index (χ4n) is 6.44. The molecule has 1 unspecified atom stereocenters. The van der Waals surface area contributed by atoms with E-state index in [4.69, 9.17) is 14.2 Å². The molecule has 41 heavy (non-hydrogen) atoms. The molecule has 1 heterocycles. The van der Waals surface area contributed by atoms with Gasteiger partial charge in [-0.05, 0) is 112 Å². The standard InChI is InChI=1S/C32H40F3NO5/c1-39-26-11-12-28(22-13-15-36(16-14-22)20-32(33,34)35)30(18-26)41-25-9-7-24(8-10-25)40-27-4-2-3-23(17-27)29(19-31(37)38)21-5-6-21/h2-4,11-12,17-18,21-22,24-25,29H,5-10,13-16,19-20H2,1H3,(H,37,38). The summed E-state index contributed by atoms with van der Waals surface area (Å²) >= 11 is 0. The molecule has 0 amide bonds. The number of carbonyl (C=O) groups is 1. The molecule has 0 spiro atoms. The Labute approximate surface area is 239 Å². The van der Waals surface area contributed by atoms with Crippen LogP contribution in [-0.4, -0.2) is 61.1 Å². The van der Waals surface area contributed by atoms with E-state index in [2.05, 4.69) is 0 Å². The van der Waals surface area contributed by atoms with Gasteiger partial charge in [-0.1, -0.05) is 18.2 Å². The van der Waals surface area contributed by atoms with Crippen molar-refractivity contribution in [2.45, 2.75) is 88.0 Å². The van der Waals surface area contributed by atoms with E-state index in [1.807, 2.05) is 42.5 Å². The molecule has 0 radical (unpaired) electrons. The van der Waals surface area contributed by atoms with Crippen LogP contribution in [0.2, 0.25) is 0 Å². The Bertz CT molecular complexity index is 1170. The van der Waals surface area contributed by atoms with Crippen LogP contribution in [0.1, 0.15) is 80.8 Å². The number of carboxylic acids is 1. The summed E-state index contributed by atoms with van der Waals surface area (Å²) in [6.07, 6.45) is 2.87. The third kappa shape index (κ3) is 8.31. The first-order chi connectivity index (χ1) is 19.7. The van der Waals surface area contributed by atoms with Gasteiger partial charge in [0.1, 0.15) is 17.2 Å². The summed E-state index contributed by atoms with van der Waals surface area (Å²) in [5.74, 6) is 2.11. The van der Waals surface area contributed by atoms with Gasteiger partial charge in [0.25, 0.3) is 0 Å². The van der Waals surface area contributed by atoms with Crippen LogP contribution in [0.3, 0.4) is 0 Å². The minimum atomic E-state index is -4.17. The molecular formula is C32H40F3NO5. The van der Waals surface area contributed by atoms with E-state index >= 15 is 0 Å². The maximum Gasteiger partial charge on any atom is 0.401 e. The lowest BCUT2D eigenvalue weighted by Gasteiger charge is -2.34. The molecule has 2 saturated carbocycles. The number of aliphatic carboxylic acids is 1. The van der Waals surface area contributed by atoms with Crippen molar-refractivity contribution in [3.05, 3.63) is 53.6 Å². The highest BCUT2D eigenvalue weighted by molar-refractivity contribution is 5.68. The molecule has 1 atom stereocenters. The third-order valence-corrected chi connectivity index (χ3v) is 8.74. The molecule has 5 rings (SSSR count). The summed E-state index contributed by atoms with van der Waals surface area (Å²) in [4.78, 5) is 12.9. The van der Waals surface area contributed by atoms with Gasteiger partial charge in [0.05, 0.1) is 32.3 Å². The molecule has 224 valence electrons. The van der Waals surface area contributed by atoms with Gasteiger partial charge in [0.2, 0.25) is 0 Å². The van der Waals surface area contributed by atoms with Crippen molar-refractivity contribution >= 4 is 5.97 Å². The number of methoxy groups -OCH3 is 1. The monoisotopic (exact) mass is 575 g/mol. The number of rotatable bonds is 11. The Morgan fingerprint density at radius 1 is 0.927 bits per heavy atom. The largest absolute Gasteiger partial charge is 0.497 e. The predicted octanol–water partition coefficient (Wildman–Crippen LogP) is 7.17. The van der Waals surface area contributed by atoms with Gasteiger partial charge in [0.15, 0.2) is 0 Å². The zero-order chi connectivity index (χ0) is 29.0. The molecule has 2 aromatic carbocycles. The fourth-order valence-corrected chi connectivity index (χ4v) is 6.44. The van der Waals surface area contributed by atoms with Crippen molar-refractivity contribution in [1.82, 2.24) is 4.90 Å². The Balaban J connectivity index is 1.17. The van der Waals surface area contributed by atoms with Crippen LogP contribution < -0.4 is 14.2 Å². The third-order valence-electron chi connectivity index (χ3n) is 8.74. The first-order valence-electron chi connectivity index (χ1n) is 14.8. The summed E-state index contributed by atoms with van der Waals surface area (Å²) < 4.78 is 56.8. The highest BCUT2D eigenvalue weighted by atomic mass is 19.4. The van der Waals surface area contributed by atoms with Crippen molar-refractivity contribution in [2.24, 2.45) is 5.92 Å². The van der Waals surface area contributed by atoms with E-state index in [9.17, 15) is 23.1 Å². The van der Waals surface area contributed by atoms with Gasteiger partial charge in [0, 0.05) is 6.07 Å². The summed E-state index contributed by atoms with van der Waals surface area (Å²) in [6.45, 7) is -0.0290. The average Bonchev–Trinajstić information content (AvgIpc) is 3.78.